The van der Waals surface area contributed by atoms with E-state index in [-0.39, 0.29) is 5.91 Å². The van der Waals surface area contributed by atoms with Crippen LogP contribution in [0, 0.1) is 0 Å². The molecule has 26 heavy (non-hydrogen) atoms. The van der Waals surface area contributed by atoms with E-state index >= 15 is 0 Å². The molecule has 2 aromatic heterocycles. The Balaban J connectivity index is 1.34. The van der Waals surface area contributed by atoms with Crippen molar-refractivity contribution in [1.29, 1.82) is 0 Å². The highest BCUT2D eigenvalue weighted by atomic mass is 16.5. The third-order valence-corrected chi connectivity index (χ3v) is 4.39. The van der Waals surface area contributed by atoms with Gasteiger partial charge in [-0.1, -0.05) is 6.07 Å². The van der Waals surface area contributed by atoms with E-state index in [2.05, 4.69) is 32.5 Å². The van der Waals surface area contributed by atoms with E-state index < -0.39 is 0 Å². The molecule has 1 aliphatic rings. The van der Waals surface area contributed by atoms with Crippen molar-refractivity contribution < 1.29 is 9.53 Å². The molecule has 0 unspecified atom stereocenters. The summed E-state index contributed by atoms with van der Waals surface area (Å²) in [7, 11) is 0. The summed E-state index contributed by atoms with van der Waals surface area (Å²) in [5.74, 6) is 1.08. The molecule has 0 saturated heterocycles. The summed E-state index contributed by atoms with van der Waals surface area (Å²) in [5.41, 5.74) is 3.23. The van der Waals surface area contributed by atoms with Gasteiger partial charge in [-0.2, -0.15) is 5.10 Å². The minimum Gasteiger partial charge on any atom is -0.492 e. The number of nitrogens with one attached hydrogen (secondary N) is 1. The van der Waals surface area contributed by atoms with Crippen LogP contribution in [0.5, 0.6) is 5.75 Å². The molecule has 2 heterocycles. The summed E-state index contributed by atoms with van der Waals surface area (Å²) in [6.45, 7) is 0.811. The summed E-state index contributed by atoms with van der Waals surface area (Å²) in [4.78, 5) is 20.6. The van der Waals surface area contributed by atoms with Crippen LogP contribution in [0.3, 0.4) is 0 Å². The Labute approximate surface area is 151 Å². The van der Waals surface area contributed by atoms with Gasteiger partial charge in [0.05, 0.1) is 12.1 Å². The lowest BCUT2D eigenvalue weighted by Crippen LogP contribution is -2.29. The molecule has 0 fully saturated rings. The molecule has 0 aliphatic heterocycles. The number of carbonyl (C=O) groups is 1. The fourth-order valence-electron chi connectivity index (χ4n) is 3.14. The van der Waals surface area contributed by atoms with Gasteiger partial charge in [0.25, 0.3) is 5.91 Å². The van der Waals surface area contributed by atoms with Crippen LogP contribution in [-0.4, -0.2) is 38.8 Å². The van der Waals surface area contributed by atoms with E-state index in [1.807, 2.05) is 6.07 Å². The van der Waals surface area contributed by atoms with Gasteiger partial charge in [-0.15, -0.1) is 0 Å². The number of carbonyl (C=O) groups excluding carboxylic acids is 1. The number of pyridine rings is 1. The molecular formula is C19H19N5O2. The quantitative estimate of drug-likeness (QED) is 0.688. The number of ether oxygens (including phenoxy) is 1. The van der Waals surface area contributed by atoms with Crippen LogP contribution >= 0.6 is 0 Å². The lowest BCUT2D eigenvalue weighted by molar-refractivity contribution is 0.0946. The van der Waals surface area contributed by atoms with Crippen molar-refractivity contribution in [1.82, 2.24) is 25.1 Å². The molecular weight excluding hydrogens is 330 g/mol. The molecule has 1 amide bonds. The Morgan fingerprint density at radius 1 is 1.23 bits per heavy atom. The maximum atomic E-state index is 12.5. The topological polar surface area (TPSA) is 81.9 Å². The number of hydrogen-bond donors (Lipinski definition) is 1. The minimum absolute atomic E-state index is 0.221. The van der Waals surface area contributed by atoms with E-state index in [1.54, 1.807) is 18.3 Å². The molecule has 0 saturated carbocycles. The third-order valence-electron chi connectivity index (χ3n) is 4.39. The fourth-order valence-corrected chi connectivity index (χ4v) is 3.14. The zero-order valence-electron chi connectivity index (χ0n) is 14.3. The Morgan fingerprint density at radius 2 is 2.15 bits per heavy atom. The summed E-state index contributed by atoms with van der Waals surface area (Å²) in [6.07, 6.45) is 8.02. The predicted molar refractivity (Wildman–Crippen MR) is 95.4 cm³/mol. The Bertz CT molecular complexity index is 908. The number of benzene rings is 1. The molecule has 4 rings (SSSR count). The first-order valence-corrected chi connectivity index (χ1v) is 8.64. The van der Waals surface area contributed by atoms with Gasteiger partial charge in [0, 0.05) is 6.20 Å². The first kappa shape index (κ1) is 16.3. The molecule has 0 atom stereocenters. The number of aromatic nitrogens is 4. The van der Waals surface area contributed by atoms with E-state index in [1.165, 1.54) is 34.9 Å². The molecule has 1 aliphatic carbocycles. The zero-order valence-corrected chi connectivity index (χ0v) is 14.3. The van der Waals surface area contributed by atoms with Crippen molar-refractivity contribution in [3.63, 3.8) is 0 Å². The van der Waals surface area contributed by atoms with Gasteiger partial charge >= 0.3 is 0 Å². The zero-order chi connectivity index (χ0) is 17.8. The fraction of sp³-hybridized carbons (Fsp3) is 0.263. The van der Waals surface area contributed by atoms with Gasteiger partial charge in [-0.05, 0) is 54.7 Å². The normalized spacial score (nSPS) is 12.6. The Morgan fingerprint density at radius 3 is 3.04 bits per heavy atom. The second kappa shape index (κ2) is 7.35. The van der Waals surface area contributed by atoms with Crippen molar-refractivity contribution in [2.45, 2.75) is 19.3 Å². The van der Waals surface area contributed by atoms with E-state index in [0.717, 1.165) is 18.6 Å². The average molecular weight is 349 g/mol. The van der Waals surface area contributed by atoms with E-state index in [4.69, 9.17) is 4.74 Å². The second-order valence-electron chi connectivity index (χ2n) is 6.10. The maximum Gasteiger partial charge on any atom is 0.255 e. The van der Waals surface area contributed by atoms with Gasteiger partial charge in [-0.25, -0.2) is 14.6 Å². The van der Waals surface area contributed by atoms with Crippen LogP contribution in [0.25, 0.3) is 5.82 Å². The highest BCUT2D eigenvalue weighted by molar-refractivity contribution is 5.97. The van der Waals surface area contributed by atoms with Crippen molar-refractivity contribution in [2.75, 3.05) is 13.2 Å². The van der Waals surface area contributed by atoms with Gasteiger partial charge in [-0.3, -0.25) is 4.79 Å². The number of aryl methyl sites for hydroxylation is 2. The van der Waals surface area contributed by atoms with Crippen LogP contribution in [0.4, 0.5) is 0 Å². The molecule has 7 heteroatoms. The Hall–Kier alpha value is -3.22. The molecule has 132 valence electrons. The van der Waals surface area contributed by atoms with Crippen LogP contribution in [-0.2, 0) is 12.8 Å². The summed E-state index contributed by atoms with van der Waals surface area (Å²) < 4.78 is 7.23. The molecule has 7 nitrogen and oxygen atoms in total. The van der Waals surface area contributed by atoms with Crippen molar-refractivity contribution >= 4 is 5.91 Å². The standard InChI is InChI=1S/C19H19N5O2/c25-19(17-5-2-8-21-18(17)24-13-20-12-23-24)22-9-10-26-16-7-6-14-3-1-4-15(14)11-16/h2,5-8,11-13H,1,3-4,9-10H2,(H,22,25). The number of hydrogen-bond acceptors (Lipinski definition) is 5. The van der Waals surface area contributed by atoms with Gasteiger partial charge in [0.2, 0.25) is 0 Å². The number of rotatable bonds is 6. The van der Waals surface area contributed by atoms with E-state index in [9.17, 15) is 4.79 Å². The monoisotopic (exact) mass is 349 g/mol. The van der Waals surface area contributed by atoms with Crippen molar-refractivity contribution in [3.05, 3.63) is 65.9 Å². The maximum absolute atomic E-state index is 12.5. The SMILES string of the molecule is O=C(NCCOc1ccc2c(c1)CCC2)c1cccnc1-n1cncn1. The second-order valence-corrected chi connectivity index (χ2v) is 6.10. The molecule has 1 N–H and O–H groups in total. The van der Waals surface area contributed by atoms with Crippen LogP contribution in [0.15, 0.2) is 49.2 Å². The first-order valence-electron chi connectivity index (χ1n) is 8.64. The highest BCUT2D eigenvalue weighted by Crippen LogP contribution is 2.25. The van der Waals surface area contributed by atoms with Crippen LogP contribution in [0.2, 0.25) is 0 Å². The summed E-state index contributed by atoms with van der Waals surface area (Å²) in [6, 6.07) is 9.66. The lowest BCUT2D eigenvalue weighted by atomic mass is 10.1. The number of amides is 1. The number of fused-ring (bicyclic) bond motifs is 1. The molecule has 3 aromatic rings. The lowest BCUT2D eigenvalue weighted by Gasteiger charge is -2.10. The third kappa shape index (κ3) is 3.42. The average Bonchev–Trinajstić information content (AvgIpc) is 3.36. The molecule has 1 aromatic carbocycles. The molecule has 0 spiro atoms. The van der Waals surface area contributed by atoms with Gasteiger partial charge < -0.3 is 10.1 Å². The molecule has 0 bridgehead atoms. The van der Waals surface area contributed by atoms with Crippen molar-refractivity contribution in [2.24, 2.45) is 0 Å². The Kier molecular flexibility index (Phi) is 4.59. The first-order chi connectivity index (χ1) is 12.8. The van der Waals surface area contributed by atoms with Crippen LogP contribution in [0.1, 0.15) is 27.9 Å². The van der Waals surface area contributed by atoms with Crippen LogP contribution < -0.4 is 10.1 Å². The molecule has 0 radical (unpaired) electrons. The summed E-state index contributed by atoms with van der Waals surface area (Å²) in [5, 5.41) is 6.89. The largest absolute Gasteiger partial charge is 0.492 e. The number of nitrogens with zero attached hydrogens (tertiary/aromatic N) is 4. The minimum atomic E-state index is -0.221. The summed E-state index contributed by atoms with van der Waals surface area (Å²) >= 11 is 0. The van der Waals surface area contributed by atoms with E-state index in [0.29, 0.717) is 24.5 Å². The van der Waals surface area contributed by atoms with Gasteiger partial charge in [0.15, 0.2) is 5.82 Å². The highest BCUT2D eigenvalue weighted by Gasteiger charge is 2.14. The smallest absolute Gasteiger partial charge is 0.255 e. The predicted octanol–water partition coefficient (Wildman–Crippen LogP) is 1.96. The van der Waals surface area contributed by atoms with Crippen molar-refractivity contribution in [3.8, 4) is 11.6 Å². The van der Waals surface area contributed by atoms with Gasteiger partial charge in [0.1, 0.15) is 25.0 Å².